The number of halogens is 2. The maximum atomic E-state index is 13.7. The highest BCUT2D eigenvalue weighted by Gasteiger charge is 2.36. The summed E-state index contributed by atoms with van der Waals surface area (Å²) < 4.78 is 28.9. The van der Waals surface area contributed by atoms with Crippen molar-refractivity contribution < 1.29 is 13.6 Å². The first-order chi connectivity index (χ1) is 18.3. The second-order valence-electron chi connectivity index (χ2n) is 9.21. The van der Waals surface area contributed by atoms with E-state index in [1.54, 1.807) is 42.3 Å². The summed E-state index contributed by atoms with van der Waals surface area (Å²) in [6, 6.07) is 17.5. The van der Waals surface area contributed by atoms with Crippen LogP contribution < -0.4 is 16.2 Å². The number of carbonyl (C=O) groups is 1. The maximum Gasteiger partial charge on any atom is 0.252 e. The molecule has 192 valence electrons. The third-order valence-electron chi connectivity index (χ3n) is 6.97. The number of hydrogen-bond acceptors (Lipinski definition) is 6. The molecular weight excluding hydrogens is 490 g/mol. The summed E-state index contributed by atoms with van der Waals surface area (Å²) in [7, 11) is 1.61. The first kappa shape index (κ1) is 25.0. The molecule has 1 aliphatic heterocycles. The summed E-state index contributed by atoms with van der Waals surface area (Å²) >= 11 is 0. The van der Waals surface area contributed by atoms with E-state index in [2.05, 4.69) is 4.98 Å². The average molecular weight is 515 g/mol. The Kier molecular flexibility index (Phi) is 6.61. The molecule has 1 amide bonds. The lowest BCUT2D eigenvalue weighted by atomic mass is 9.95. The van der Waals surface area contributed by atoms with Gasteiger partial charge in [-0.15, -0.1) is 0 Å². The van der Waals surface area contributed by atoms with E-state index in [-0.39, 0.29) is 29.4 Å². The van der Waals surface area contributed by atoms with Gasteiger partial charge in [-0.2, -0.15) is 5.26 Å². The predicted octanol–water partition coefficient (Wildman–Crippen LogP) is 2.85. The molecule has 1 fully saturated rings. The Morgan fingerprint density at radius 1 is 1.03 bits per heavy atom. The van der Waals surface area contributed by atoms with Crippen molar-refractivity contribution in [3.8, 4) is 6.07 Å². The molecule has 3 heterocycles. The fourth-order valence-electron chi connectivity index (χ4n) is 5.07. The van der Waals surface area contributed by atoms with E-state index in [4.69, 9.17) is 5.73 Å². The molecule has 5 rings (SSSR count). The Bertz CT molecular complexity index is 1570. The number of anilines is 1. The molecule has 8 nitrogen and oxygen atoms in total. The predicted molar refractivity (Wildman–Crippen MR) is 138 cm³/mol. The van der Waals surface area contributed by atoms with Crippen molar-refractivity contribution in [1.82, 2.24) is 14.5 Å². The Morgan fingerprint density at radius 3 is 2.18 bits per heavy atom. The minimum absolute atomic E-state index is 0.180. The molecule has 0 aliphatic carbocycles. The van der Waals surface area contributed by atoms with Crippen LogP contribution in [0.4, 0.5) is 14.5 Å². The van der Waals surface area contributed by atoms with E-state index < -0.39 is 18.0 Å². The second-order valence-corrected chi connectivity index (χ2v) is 9.21. The summed E-state index contributed by atoms with van der Waals surface area (Å²) in [4.78, 5) is 33.8. The van der Waals surface area contributed by atoms with E-state index in [1.165, 1.54) is 41.0 Å². The number of amides is 1. The topological polar surface area (TPSA) is 108 Å². The molecule has 0 spiro atoms. The molecule has 1 saturated heterocycles. The Morgan fingerprint density at radius 2 is 1.63 bits per heavy atom. The van der Waals surface area contributed by atoms with Crippen LogP contribution in [0.15, 0.2) is 71.5 Å². The van der Waals surface area contributed by atoms with Crippen LogP contribution in [0.2, 0.25) is 0 Å². The normalized spacial score (nSPS) is 16.1. The fourth-order valence-corrected chi connectivity index (χ4v) is 5.07. The number of fused-ring (bicyclic) bond motifs is 1. The Balaban J connectivity index is 1.57. The van der Waals surface area contributed by atoms with Crippen LogP contribution in [0.25, 0.3) is 11.0 Å². The highest BCUT2D eigenvalue weighted by molar-refractivity contribution is 5.92. The monoisotopic (exact) mass is 514 g/mol. The summed E-state index contributed by atoms with van der Waals surface area (Å²) in [5, 5.41) is 9.39. The number of hydrogen-bond donors (Lipinski definition) is 1. The number of rotatable bonds is 5. The Hall–Kier alpha value is -4.62. The smallest absolute Gasteiger partial charge is 0.252 e. The molecule has 38 heavy (non-hydrogen) atoms. The van der Waals surface area contributed by atoms with E-state index >= 15 is 0 Å². The van der Waals surface area contributed by atoms with Crippen molar-refractivity contribution in [2.45, 2.75) is 12.1 Å². The zero-order valence-corrected chi connectivity index (χ0v) is 20.5. The Labute approximate surface area is 217 Å². The van der Waals surface area contributed by atoms with Gasteiger partial charge < -0.3 is 15.2 Å². The molecular formula is C28H24F2N6O2. The van der Waals surface area contributed by atoms with Crippen molar-refractivity contribution in [3.63, 3.8) is 0 Å². The van der Waals surface area contributed by atoms with Gasteiger partial charge in [0.2, 0.25) is 5.91 Å². The molecule has 0 saturated carbocycles. The molecule has 2 aromatic heterocycles. The van der Waals surface area contributed by atoms with Gasteiger partial charge in [-0.25, -0.2) is 13.8 Å². The average Bonchev–Trinajstić information content (AvgIpc) is 2.92. The minimum atomic E-state index is -0.838. The summed E-state index contributed by atoms with van der Waals surface area (Å²) in [5.74, 6) is -1.36. The molecule has 1 unspecified atom stereocenters. The van der Waals surface area contributed by atoms with Crippen LogP contribution in [0, 0.1) is 23.0 Å². The van der Waals surface area contributed by atoms with Gasteiger partial charge >= 0.3 is 0 Å². The van der Waals surface area contributed by atoms with Crippen LogP contribution in [0.1, 0.15) is 22.9 Å². The SMILES string of the molecule is Cn1c(=O)cc(N2CCN(C(c3ccc(F)cc3)c3ccc(F)cc3)CC2C(N)=O)c2nc(C#N)ccc21. The standard InChI is InChI=1S/C28H24F2N6O2/c1-34-22-11-10-21(15-31)33-26(22)23(14-25(34)37)36-13-12-35(16-24(36)28(32)38)27(17-2-6-19(29)7-3-17)18-4-8-20(30)9-5-18/h2-11,14,24,27H,12-13,16H2,1H3,(H2,32,38). The number of nitriles is 1. The zero-order valence-electron chi connectivity index (χ0n) is 20.5. The van der Waals surface area contributed by atoms with Crippen molar-refractivity contribution in [2.75, 3.05) is 24.5 Å². The summed E-state index contributed by atoms with van der Waals surface area (Å²) in [5.41, 5.74) is 8.67. The second kappa shape index (κ2) is 10.0. The van der Waals surface area contributed by atoms with Crippen LogP contribution in [0.3, 0.4) is 0 Å². The number of primary amides is 1. The van der Waals surface area contributed by atoms with Gasteiger partial charge in [0.1, 0.15) is 35.0 Å². The largest absolute Gasteiger partial charge is 0.368 e. The molecule has 1 aliphatic rings. The van der Waals surface area contributed by atoms with E-state index in [0.29, 0.717) is 29.8 Å². The third kappa shape index (κ3) is 4.60. The highest BCUT2D eigenvalue weighted by Crippen LogP contribution is 2.34. The molecule has 2 N–H and O–H groups in total. The number of pyridine rings is 2. The first-order valence-corrected chi connectivity index (χ1v) is 12.0. The molecule has 0 radical (unpaired) electrons. The van der Waals surface area contributed by atoms with Crippen molar-refractivity contribution >= 4 is 22.6 Å². The number of benzene rings is 2. The molecule has 10 heteroatoms. The number of aromatic nitrogens is 2. The lowest BCUT2D eigenvalue weighted by molar-refractivity contribution is -0.120. The van der Waals surface area contributed by atoms with E-state index in [9.17, 15) is 23.6 Å². The van der Waals surface area contributed by atoms with Crippen LogP contribution >= 0.6 is 0 Å². The summed E-state index contributed by atoms with van der Waals surface area (Å²) in [6.45, 7) is 0.939. The van der Waals surface area contributed by atoms with Crippen molar-refractivity contribution in [1.29, 1.82) is 5.26 Å². The fraction of sp³-hybridized carbons (Fsp3) is 0.214. The van der Waals surface area contributed by atoms with Gasteiger partial charge in [-0.1, -0.05) is 24.3 Å². The molecule has 2 aromatic carbocycles. The van der Waals surface area contributed by atoms with Crippen molar-refractivity contribution in [2.24, 2.45) is 12.8 Å². The molecule has 0 bridgehead atoms. The van der Waals surface area contributed by atoms with Crippen LogP contribution in [-0.2, 0) is 11.8 Å². The lowest BCUT2D eigenvalue weighted by Crippen LogP contribution is -2.59. The van der Waals surface area contributed by atoms with Gasteiger partial charge in [-0.3, -0.25) is 14.5 Å². The number of aryl methyl sites for hydroxylation is 1. The molecule has 1 atom stereocenters. The first-order valence-electron chi connectivity index (χ1n) is 12.0. The van der Waals surface area contributed by atoms with Gasteiger partial charge in [0.25, 0.3) is 5.56 Å². The van der Waals surface area contributed by atoms with Gasteiger partial charge in [0.15, 0.2) is 0 Å². The van der Waals surface area contributed by atoms with Crippen LogP contribution in [0.5, 0.6) is 0 Å². The number of nitrogens with two attached hydrogens (primary N) is 1. The maximum absolute atomic E-state index is 13.7. The van der Waals surface area contributed by atoms with E-state index in [1.807, 2.05) is 11.0 Å². The number of nitrogens with zero attached hydrogens (tertiary/aromatic N) is 5. The van der Waals surface area contributed by atoms with E-state index in [0.717, 1.165) is 11.1 Å². The zero-order chi connectivity index (χ0) is 27.0. The van der Waals surface area contributed by atoms with Crippen LogP contribution in [-0.4, -0.2) is 46.0 Å². The van der Waals surface area contributed by atoms with Gasteiger partial charge in [0, 0.05) is 32.7 Å². The number of carbonyl (C=O) groups excluding carboxylic acids is 1. The number of piperazine rings is 1. The van der Waals surface area contributed by atoms with Gasteiger partial charge in [0.05, 0.1) is 17.2 Å². The van der Waals surface area contributed by atoms with Crippen molar-refractivity contribution in [3.05, 3.63) is 106 Å². The lowest BCUT2D eigenvalue weighted by Gasteiger charge is -2.44. The quantitative estimate of drug-likeness (QED) is 0.439. The molecule has 4 aromatic rings. The highest BCUT2D eigenvalue weighted by atomic mass is 19.1. The minimum Gasteiger partial charge on any atom is -0.368 e. The third-order valence-corrected chi connectivity index (χ3v) is 6.97. The summed E-state index contributed by atoms with van der Waals surface area (Å²) in [6.07, 6.45) is 0. The van der Waals surface area contributed by atoms with Gasteiger partial charge in [-0.05, 0) is 47.5 Å².